The van der Waals surface area contributed by atoms with E-state index in [9.17, 15) is 9.59 Å². The average Bonchev–Trinajstić information content (AvgIpc) is 3.26. The summed E-state index contributed by atoms with van der Waals surface area (Å²) < 4.78 is 5.49. The number of anilines is 1. The van der Waals surface area contributed by atoms with Gasteiger partial charge in [0.1, 0.15) is 5.75 Å². The molecule has 0 atom stereocenters. The molecule has 2 N–H and O–H groups in total. The number of aryl methyl sites for hydroxylation is 1. The molecule has 0 saturated carbocycles. The monoisotopic (exact) mass is 408 g/mol. The maximum Gasteiger partial charge on any atom is 0.329 e. The molecule has 7 nitrogen and oxygen atoms in total. The first-order chi connectivity index (χ1) is 14.5. The van der Waals surface area contributed by atoms with Gasteiger partial charge in [-0.15, -0.1) is 0 Å². The second-order valence-electron chi connectivity index (χ2n) is 7.47. The average molecular weight is 409 g/mol. The van der Waals surface area contributed by atoms with Crippen LogP contribution in [0.1, 0.15) is 36.5 Å². The third kappa shape index (κ3) is 5.67. The number of nitrogens with zero attached hydrogens (tertiary/aromatic N) is 2. The van der Waals surface area contributed by atoms with Crippen LogP contribution in [-0.4, -0.2) is 42.6 Å². The fraction of sp³-hybridized carbons (Fsp3) is 0.348. The lowest BCUT2D eigenvalue weighted by Crippen LogP contribution is -2.32. The summed E-state index contributed by atoms with van der Waals surface area (Å²) in [5.74, 6) is -0.749. The molecule has 0 aromatic heterocycles. The Morgan fingerprint density at radius 1 is 1.07 bits per heavy atom. The number of likely N-dealkylation sites (tertiary alicyclic amines) is 1. The number of hydrogen-bond acceptors (Lipinski definition) is 5. The fourth-order valence-electron chi connectivity index (χ4n) is 3.38. The molecule has 7 heteroatoms. The minimum atomic E-state index is -0.819. The van der Waals surface area contributed by atoms with E-state index in [1.807, 2.05) is 37.3 Å². The van der Waals surface area contributed by atoms with Crippen molar-refractivity contribution >= 4 is 23.2 Å². The Kier molecular flexibility index (Phi) is 7.19. The lowest BCUT2D eigenvalue weighted by molar-refractivity contribution is -0.136. The van der Waals surface area contributed by atoms with Crippen molar-refractivity contribution in [3.05, 3.63) is 59.2 Å². The summed E-state index contributed by atoms with van der Waals surface area (Å²) in [6.45, 7) is 6.74. The van der Waals surface area contributed by atoms with Crippen LogP contribution in [0.5, 0.6) is 5.75 Å². The highest BCUT2D eigenvalue weighted by atomic mass is 16.5. The van der Waals surface area contributed by atoms with Crippen LogP contribution in [0.15, 0.2) is 47.6 Å². The Hall–Kier alpha value is -3.19. The van der Waals surface area contributed by atoms with Gasteiger partial charge in [0.25, 0.3) is 0 Å². The van der Waals surface area contributed by atoms with Crippen LogP contribution in [-0.2, 0) is 16.1 Å². The van der Waals surface area contributed by atoms with E-state index in [1.165, 1.54) is 12.8 Å². The SMILES string of the molecule is COc1ccc(/C(C)=N\NC(=O)C(=O)Nc2ccc(C)cc2)cc1CN1CCCC1. The Morgan fingerprint density at radius 3 is 2.43 bits per heavy atom. The van der Waals surface area contributed by atoms with Crippen LogP contribution in [0.2, 0.25) is 0 Å². The summed E-state index contributed by atoms with van der Waals surface area (Å²) in [6.07, 6.45) is 2.44. The van der Waals surface area contributed by atoms with Gasteiger partial charge in [-0.2, -0.15) is 5.10 Å². The molecule has 2 amide bonds. The second kappa shape index (κ2) is 10.0. The first-order valence-corrected chi connectivity index (χ1v) is 10.1. The number of carbonyl (C=O) groups excluding carboxylic acids is 2. The lowest BCUT2D eigenvalue weighted by atomic mass is 10.1. The van der Waals surface area contributed by atoms with Gasteiger partial charge >= 0.3 is 11.8 Å². The zero-order valence-electron chi connectivity index (χ0n) is 17.7. The molecule has 0 spiro atoms. The number of carbonyl (C=O) groups is 2. The van der Waals surface area contributed by atoms with Gasteiger partial charge in [-0.1, -0.05) is 17.7 Å². The summed E-state index contributed by atoms with van der Waals surface area (Å²) >= 11 is 0. The molecule has 1 heterocycles. The highest BCUT2D eigenvalue weighted by Gasteiger charge is 2.16. The molecule has 1 aliphatic heterocycles. The highest BCUT2D eigenvalue weighted by Crippen LogP contribution is 2.23. The normalized spacial score (nSPS) is 14.4. The maximum absolute atomic E-state index is 12.1. The highest BCUT2D eigenvalue weighted by molar-refractivity contribution is 6.39. The predicted molar refractivity (Wildman–Crippen MR) is 118 cm³/mol. The van der Waals surface area contributed by atoms with Crippen LogP contribution in [0.25, 0.3) is 0 Å². The Morgan fingerprint density at radius 2 is 1.77 bits per heavy atom. The van der Waals surface area contributed by atoms with Gasteiger partial charge < -0.3 is 10.1 Å². The largest absolute Gasteiger partial charge is 0.496 e. The zero-order valence-corrected chi connectivity index (χ0v) is 17.7. The van der Waals surface area contributed by atoms with Crippen LogP contribution in [0.4, 0.5) is 5.69 Å². The van der Waals surface area contributed by atoms with Crippen LogP contribution in [0, 0.1) is 6.92 Å². The van der Waals surface area contributed by atoms with E-state index >= 15 is 0 Å². The Balaban J connectivity index is 1.64. The number of rotatable bonds is 6. The summed E-state index contributed by atoms with van der Waals surface area (Å²) in [5, 5.41) is 6.66. The van der Waals surface area contributed by atoms with Crippen LogP contribution in [0.3, 0.4) is 0 Å². The molecule has 30 heavy (non-hydrogen) atoms. The molecule has 158 valence electrons. The molecule has 0 bridgehead atoms. The zero-order chi connectivity index (χ0) is 21.5. The van der Waals surface area contributed by atoms with Crippen molar-refractivity contribution in [2.45, 2.75) is 33.2 Å². The molecule has 2 aromatic carbocycles. The topological polar surface area (TPSA) is 83.0 Å². The van der Waals surface area contributed by atoms with E-state index in [1.54, 1.807) is 26.2 Å². The third-order valence-corrected chi connectivity index (χ3v) is 5.13. The molecule has 1 aliphatic rings. The van der Waals surface area contributed by atoms with Crippen molar-refractivity contribution in [3.8, 4) is 5.75 Å². The van der Waals surface area contributed by atoms with Gasteiger partial charge in [0, 0.05) is 17.8 Å². The van der Waals surface area contributed by atoms with Gasteiger partial charge in [-0.3, -0.25) is 14.5 Å². The number of benzene rings is 2. The molecule has 1 fully saturated rings. The number of hydrazone groups is 1. The summed E-state index contributed by atoms with van der Waals surface area (Å²) in [7, 11) is 1.66. The summed E-state index contributed by atoms with van der Waals surface area (Å²) in [4.78, 5) is 26.5. The summed E-state index contributed by atoms with van der Waals surface area (Å²) in [6, 6.07) is 13.0. The van der Waals surface area contributed by atoms with Crippen molar-refractivity contribution in [1.29, 1.82) is 0 Å². The molecular formula is C23H28N4O3. The number of nitrogens with one attached hydrogen (secondary N) is 2. The minimum absolute atomic E-state index is 0.558. The number of hydrogen-bond donors (Lipinski definition) is 2. The molecule has 2 aromatic rings. The first kappa shape index (κ1) is 21.5. The molecular weight excluding hydrogens is 380 g/mol. The van der Waals surface area contributed by atoms with Gasteiger partial charge in [-0.05, 0) is 75.7 Å². The second-order valence-corrected chi connectivity index (χ2v) is 7.47. The van der Waals surface area contributed by atoms with Crippen molar-refractivity contribution in [1.82, 2.24) is 10.3 Å². The molecule has 0 unspecified atom stereocenters. The van der Waals surface area contributed by atoms with E-state index in [-0.39, 0.29) is 0 Å². The Bertz CT molecular complexity index is 932. The minimum Gasteiger partial charge on any atom is -0.496 e. The molecule has 0 aliphatic carbocycles. The predicted octanol–water partition coefficient (Wildman–Crippen LogP) is 3.08. The smallest absolute Gasteiger partial charge is 0.329 e. The number of methoxy groups -OCH3 is 1. The van der Waals surface area contributed by atoms with Crippen molar-refractivity contribution < 1.29 is 14.3 Å². The molecule has 3 rings (SSSR count). The number of ether oxygens (including phenoxy) is 1. The lowest BCUT2D eigenvalue weighted by Gasteiger charge is -2.17. The van der Waals surface area contributed by atoms with Gasteiger partial charge in [0.2, 0.25) is 0 Å². The van der Waals surface area contributed by atoms with Crippen molar-refractivity contribution in [3.63, 3.8) is 0 Å². The summed E-state index contributed by atoms with van der Waals surface area (Å²) in [5.41, 5.74) is 6.51. The van der Waals surface area contributed by atoms with E-state index < -0.39 is 11.8 Å². The van der Waals surface area contributed by atoms with E-state index in [0.717, 1.165) is 42.1 Å². The molecule has 0 radical (unpaired) electrons. The van der Waals surface area contributed by atoms with E-state index in [0.29, 0.717) is 11.4 Å². The standard InChI is InChI=1S/C23H28N4O3/c1-16-6-9-20(10-7-16)24-22(28)23(29)26-25-17(2)18-8-11-21(30-3)19(14-18)15-27-12-4-5-13-27/h6-11,14H,4-5,12-13,15H2,1-3H3,(H,24,28)(H,26,29)/b25-17-. The fourth-order valence-corrected chi connectivity index (χ4v) is 3.38. The van der Waals surface area contributed by atoms with Crippen LogP contribution < -0.4 is 15.5 Å². The maximum atomic E-state index is 12.1. The Labute approximate surface area is 177 Å². The van der Waals surface area contributed by atoms with Crippen LogP contribution >= 0.6 is 0 Å². The van der Waals surface area contributed by atoms with E-state index in [4.69, 9.17) is 4.74 Å². The quantitative estimate of drug-likeness (QED) is 0.437. The van der Waals surface area contributed by atoms with Gasteiger partial charge in [0.05, 0.1) is 12.8 Å². The first-order valence-electron chi connectivity index (χ1n) is 10.1. The third-order valence-electron chi connectivity index (χ3n) is 5.13. The van der Waals surface area contributed by atoms with E-state index in [2.05, 4.69) is 20.7 Å². The van der Waals surface area contributed by atoms with Crippen molar-refractivity contribution in [2.24, 2.45) is 5.10 Å². The van der Waals surface area contributed by atoms with Gasteiger partial charge in [0.15, 0.2) is 0 Å². The van der Waals surface area contributed by atoms with Crippen molar-refractivity contribution in [2.75, 3.05) is 25.5 Å². The number of amides is 2. The molecule has 1 saturated heterocycles. The van der Waals surface area contributed by atoms with Gasteiger partial charge in [-0.25, -0.2) is 5.43 Å².